The van der Waals surface area contributed by atoms with Gasteiger partial charge in [0, 0.05) is 15.6 Å². The van der Waals surface area contributed by atoms with E-state index in [9.17, 15) is 4.79 Å². The second kappa shape index (κ2) is 5.97. The number of ether oxygens (including phenoxy) is 1. The summed E-state index contributed by atoms with van der Waals surface area (Å²) in [6.07, 6.45) is 2.87. The molecule has 4 nitrogen and oxygen atoms in total. The first kappa shape index (κ1) is 13.0. The summed E-state index contributed by atoms with van der Waals surface area (Å²) in [5.41, 5.74) is 0.368. The Morgan fingerprint density at radius 1 is 1.33 bits per heavy atom. The second-order valence-corrected chi connectivity index (χ2v) is 5.27. The molecule has 1 aromatic carbocycles. The number of hydrogen-bond acceptors (Lipinski definition) is 5. The van der Waals surface area contributed by atoms with Gasteiger partial charge in [0.25, 0.3) is 0 Å². The first-order chi connectivity index (χ1) is 8.70. The zero-order valence-corrected chi connectivity index (χ0v) is 11.9. The second-order valence-electron chi connectivity index (χ2n) is 3.29. The van der Waals surface area contributed by atoms with E-state index in [4.69, 9.17) is 4.74 Å². The molecule has 0 bridgehead atoms. The Morgan fingerprint density at radius 2 is 2.06 bits per heavy atom. The van der Waals surface area contributed by atoms with E-state index in [-0.39, 0.29) is 0 Å². The maximum atomic E-state index is 11.6. The molecule has 92 valence electrons. The number of aromatic nitrogens is 2. The Kier molecular flexibility index (Phi) is 4.33. The molecule has 0 N–H and O–H groups in total. The lowest BCUT2D eigenvalue weighted by Gasteiger charge is -2.05. The van der Waals surface area contributed by atoms with Gasteiger partial charge in [-0.2, -0.15) is 0 Å². The molecule has 0 aliphatic heterocycles. The first-order valence-electron chi connectivity index (χ1n) is 5.02. The van der Waals surface area contributed by atoms with Crippen LogP contribution in [0.1, 0.15) is 10.4 Å². The van der Waals surface area contributed by atoms with Gasteiger partial charge in [0.2, 0.25) is 0 Å². The molecular weight excluding hydrogens is 316 g/mol. The highest BCUT2D eigenvalue weighted by molar-refractivity contribution is 9.10. The third kappa shape index (κ3) is 3.08. The average molecular weight is 325 g/mol. The predicted octanol–water partition coefficient (Wildman–Crippen LogP) is 3.18. The molecule has 0 radical (unpaired) electrons. The third-order valence-corrected chi connectivity index (χ3v) is 3.66. The van der Waals surface area contributed by atoms with E-state index in [1.807, 2.05) is 24.3 Å². The largest absolute Gasteiger partial charge is 0.465 e. The number of benzene rings is 1. The summed E-state index contributed by atoms with van der Waals surface area (Å²) in [5.74, 6) is -0.435. The zero-order chi connectivity index (χ0) is 13.0. The van der Waals surface area contributed by atoms with Crippen molar-refractivity contribution in [1.82, 2.24) is 9.97 Å². The molecule has 0 saturated carbocycles. The minimum Gasteiger partial charge on any atom is -0.465 e. The molecule has 0 saturated heterocycles. The lowest BCUT2D eigenvalue weighted by atomic mass is 10.3. The maximum Gasteiger partial charge on any atom is 0.342 e. The van der Waals surface area contributed by atoms with Crippen molar-refractivity contribution in [2.75, 3.05) is 7.11 Å². The summed E-state index contributed by atoms with van der Waals surface area (Å²) in [5, 5.41) is 0.583. The van der Waals surface area contributed by atoms with Crippen LogP contribution in [-0.2, 0) is 4.74 Å². The average Bonchev–Trinajstić information content (AvgIpc) is 2.41. The molecule has 1 heterocycles. The number of nitrogens with zero attached hydrogens (tertiary/aromatic N) is 2. The van der Waals surface area contributed by atoms with E-state index in [0.29, 0.717) is 10.6 Å². The highest BCUT2D eigenvalue weighted by Gasteiger charge is 2.14. The van der Waals surface area contributed by atoms with Gasteiger partial charge in [0.05, 0.1) is 7.11 Å². The molecule has 18 heavy (non-hydrogen) atoms. The van der Waals surface area contributed by atoms with Crippen molar-refractivity contribution in [2.45, 2.75) is 9.92 Å². The van der Waals surface area contributed by atoms with Crippen molar-refractivity contribution in [1.29, 1.82) is 0 Å². The number of carbonyl (C=O) groups excluding carboxylic acids is 1. The fraction of sp³-hybridized carbons (Fsp3) is 0.0833. The maximum absolute atomic E-state index is 11.6. The number of hydrogen-bond donors (Lipinski definition) is 0. The molecule has 2 rings (SSSR count). The van der Waals surface area contributed by atoms with Crippen LogP contribution in [0, 0.1) is 0 Å². The van der Waals surface area contributed by atoms with Crippen molar-refractivity contribution in [3.05, 3.63) is 46.8 Å². The monoisotopic (exact) mass is 324 g/mol. The van der Waals surface area contributed by atoms with Gasteiger partial charge < -0.3 is 4.74 Å². The molecule has 1 aromatic heterocycles. The number of methoxy groups -OCH3 is 1. The van der Waals surface area contributed by atoms with Gasteiger partial charge in [0.15, 0.2) is 0 Å². The molecule has 0 fully saturated rings. The summed E-state index contributed by atoms with van der Waals surface area (Å²) in [7, 11) is 1.34. The van der Waals surface area contributed by atoms with Crippen LogP contribution in [0.15, 0.2) is 51.2 Å². The highest BCUT2D eigenvalue weighted by Crippen LogP contribution is 2.29. The summed E-state index contributed by atoms with van der Waals surface area (Å²) in [6.45, 7) is 0. The first-order valence-corrected chi connectivity index (χ1v) is 6.63. The number of rotatable bonds is 3. The van der Waals surface area contributed by atoms with E-state index in [0.717, 1.165) is 9.37 Å². The Bertz CT molecular complexity index is 560. The highest BCUT2D eigenvalue weighted by atomic mass is 79.9. The topological polar surface area (TPSA) is 52.1 Å². The van der Waals surface area contributed by atoms with Crippen molar-refractivity contribution in [2.24, 2.45) is 0 Å². The van der Waals surface area contributed by atoms with E-state index in [1.165, 1.54) is 31.4 Å². The fourth-order valence-corrected chi connectivity index (χ4v) is 2.37. The van der Waals surface area contributed by atoms with Crippen molar-refractivity contribution in [3.8, 4) is 0 Å². The van der Waals surface area contributed by atoms with Gasteiger partial charge in [-0.1, -0.05) is 27.7 Å². The van der Waals surface area contributed by atoms with Crippen molar-refractivity contribution in [3.63, 3.8) is 0 Å². The number of halogens is 1. The molecule has 0 aliphatic rings. The van der Waals surface area contributed by atoms with Gasteiger partial charge in [-0.25, -0.2) is 14.8 Å². The SMILES string of the molecule is COC(=O)c1cncnc1Sc1ccc(Br)cc1. The molecule has 2 aromatic rings. The van der Waals surface area contributed by atoms with Crippen LogP contribution in [-0.4, -0.2) is 23.0 Å². The molecule has 6 heteroatoms. The molecule has 0 spiro atoms. The van der Waals surface area contributed by atoms with E-state index < -0.39 is 5.97 Å². The minimum absolute atomic E-state index is 0.368. The van der Waals surface area contributed by atoms with Crippen LogP contribution in [0.2, 0.25) is 0 Å². The van der Waals surface area contributed by atoms with E-state index in [2.05, 4.69) is 25.9 Å². The molecule has 0 aliphatic carbocycles. The lowest BCUT2D eigenvalue weighted by molar-refractivity contribution is 0.0595. The standard InChI is InChI=1S/C12H9BrN2O2S/c1-17-12(16)10-6-14-7-15-11(10)18-9-4-2-8(13)3-5-9/h2-7H,1H3. The Morgan fingerprint density at radius 3 is 2.72 bits per heavy atom. The summed E-state index contributed by atoms with van der Waals surface area (Å²) < 4.78 is 5.70. The summed E-state index contributed by atoms with van der Waals surface area (Å²) in [6, 6.07) is 7.75. The Balaban J connectivity index is 2.28. The molecular formula is C12H9BrN2O2S. The minimum atomic E-state index is -0.435. The molecule has 0 atom stereocenters. The van der Waals surface area contributed by atoms with Crippen LogP contribution in [0.4, 0.5) is 0 Å². The van der Waals surface area contributed by atoms with Crippen LogP contribution in [0.5, 0.6) is 0 Å². The smallest absolute Gasteiger partial charge is 0.342 e. The quantitative estimate of drug-likeness (QED) is 0.641. The molecule has 0 amide bonds. The van der Waals surface area contributed by atoms with Gasteiger partial charge in [-0.15, -0.1) is 0 Å². The van der Waals surface area contributed by atoms with Crippen molar-refractivity contribution >= 4 is 33.7 Å². The normalized spacial score (nSPS) is 10.1. The van der Waals surface area contributed by atoms with Gasteiger partial charge in [-0.05, 0) is 24.3 Å². The summed E-state index contributed by atoms with van der Waals surface area (Å²) >= 11 is 4.76. The van der Waals surface area contributed by atoms with Gasteiger partial charge in [-0.3, -0.25) is 0 Å². The fourth-order valence-electron chi connectivity index (χ4n) is 1.26. The Hall–Kier alpha value is -1.40. The molecule has 0 unspecified atom stereocenters. The number of esters is 1. The van der Waals surface area contributed by atoms with Crippen LogP contribution < -0.4 is 0 Å². The third-order valence-electron chi connectivity index (χ3n) is 2.11. The van der Waals surface area contributed by atoms with Crippen LogP contribution >= 0.6 is 27.7 Å². The Labute approximate surface area is 117 Å². The van der Waals surface area contributed by atoms with Crippen molar-refractivity contribution < 1.29 is 9.53 Å². The van der Waals surface area contributed by atoms with E-state index in [1.54, 1.807) is 0 Å². The van der Waals surface area contributed by atoms with Crippen LogP contribution in [0.25, 0.3) is 0 Å². The summed E-state index contributed by atoms with van der Waals surface area (Å²) in [4.78, 5) is 20.5. The van der Waals surface area contributed by atoms with Gasteiger partial charge >= 0.3 is 5.97 Å². The number of carbonyl (C=O) groups is 1. The predicted molar refractivity (Wildman–Crippen MR) is 71.6 cm³/mol. The van der Waals surface area contributed by atoms with E-state index >= 15 is 0 Å². The van der Waals surface area contributed by atoms with Gasteiger partial charge in [0.1, 0.15) is 16.9 Å². The lowest BCUT2D eigenvalue weighted by Crippen LogP contribution is -2.05. The zero-order valence-electron chi connectivity index (χ0n) is 9.46. The van der Waals surface area contributed by atoms with Crippen LogP contribution in [0.3, 0.4) is 0 Å².